The molecular weight excluding hydrogens is 358 g/mol. The van der Waals surface area contributed by atoms with E-state index in [1.54, 1.807) is 6.07 Å². The fraction of sp³-hybridized carbons (Fsp3) is 0.429. The number of aryl methyl sites for hydroxylation is 1. The highest BCUT2D eigenvalue weighted by Gasteiger charge is 2.28. The van der Waals surface area contributed by atoms with Crippen LogP contribution in [-0.4, -0.2) is 35.8 Å². The number of rotatable bonds is 5. The molecule has 0 saturated carbocycles. The van der Waals surface area contributed by atoms with E-state index in [1.807, 2.05) is 41.5 Å². The van der Waals surface area contributed by atoms with Crippen LogP contribution in [0.4, 0.5) is 5.00 Å². The second-order valence-corrected chi connectivity index (χ2v) is 8.10. The number of anilines is 1. The van der Waals surface area contributed by atoms with Crippen LogP contribution < -0.4 is 11.1 Å². The molecule has 5 nitrogen and oxygen atoms in total. The second kappa shape index (κ2) is 8.67. The number of hydrogen-bond acceptors (Lipinski definition) is 4. The van der Waals surface area contributed by atoms with E-state index in [0.29, 0.717) is 28.6 Å². The number of piperidine rings is 1. The molecule has 2 amide bonds. The Morgan fingerprint density at radius 1 is 1.30 bits per heavy atom. The quantitative estimate of drug-likeness (QED) is 0.823. The van der Waals surface area contributed by atoms with Crippen LogP contribution in [0.2, 0.25) is 0 Å². The second-order valence-electron chi connectivity index (χ2n) is 7.18. The summed E-state index contributed by atoms with van der Waals surface area (Å²) in [6, 6.07) is 9.42. The normalized spacial score (nSPS) is 18.2. The predicted molar refractivity (Wildman–Crippen MR) is 110 cm³/mol. The first-order valence-electron chi connectivity index (χ1n) is 9.52. The third-order valence-corrected chi connectivity index (χ3v) is 6.07. The molecule has 1 aliphatic heterocycles. The van der Waals surface area contributed by atoms with E-state index in [1.165, 1.54) is 16.9 Å². The van der Waals surface area contributed by atoms with Gasteiger partial charge in [0, 0.05) is 24.7 Å². The maximum absolute atomic E-state index is 13.0. The number of nitrogens with zero attached hydrogens (tertiary/aromatic N) is 1. The molecule has 144 valence electrons. The van der Waals surface area contributed by atoms with Crippen molar-refractivity contribution < 1.29 is 9.59 Å². The lowest BCUT2D eigenvalue weighted by molar-refractivity contribution is 0.0662. The molecule has 2 aromatic rings. The van der Waals surface area contributed by atoms with Gasteiger partial charge in [0.1, 0.15) is 5.00 Å². The molecule has 1 aromatic carbocycles. The number of carbonyl (C=O) groups is 2. The number of likely N-dealkylation sites (tertiary alicyclic amines) is 1. The van der Waals surface area contributed by atoms with E-state index in [-0.39, 0.29) is 17.9 Å². The summed E-state index contributed by atoms with van der Waals surface area (Å²) in [5.41, 5.74) is 8.37. The van der Waals surface area contributed by atoms with E-state index in [4.69, 9.17) is 5.73 Å². The highest BCUT2D eigenvalue weighted by atomic mass is 32.1. The highest BCUT2D eigenvalue weighted by molar-refractivity contribution is 7.14. The Kier molecular flexibility index (Phi) is 6.29. The summed E-state index contributed by atoms with van der Waals surface area (Å²) in [5.74, 6) is 0.107. The molecule has 0 bridgehead atoms. The van der Waals surface area contributed by atoms with Gasteiger partial charge in [-0.25, -0.2) is 0 Å². The van der Waals surface area contributed by atoms with Gasteiger partial charge in [0.15, 0.2) is 0 Å². The topological polar surface area (TPSA) is 75.4 Å². The van der Waals surface area contributed by atoms with Gasteiger partial charge in [-0.05, 0) is 61.2 Å². The lowest BCUT2D eigenvalue weighted by atomic mass is 9.92. The van der Waals surface area contributed by atoms with Gasteiger partial charge >= 0.3 is 0 Å². The van der Waals surface area contributed by atoms with Crippen molar-refractivity contribution in [3.05, 3.63) is 52.4 Å². The lowest BCUT2D eigenvalue weighted by Crippen LogP contribution is -2.45. The Bertz CT molecular complexity index is 798. The summed E-state index contributed by atoms with van der Waals surface area (Å²) < 4.78 is 0. The number of thiophene rings is 1. The number of hydrogen-bond donors (Lipinski definition) is 2. The SMILES string of the molecule is CCc1ccc(C(=O)Nc2sccc2C(=O)N2CCCC(C(C)N)C2)cc1. The maximum Gasteiger partial charge on any atom is 0.256 e. The molecule has 27 heavy (non-hydrogen) atoms. The fourth-order valence-electron chi connectivity index (χ4n) is 3.44. The van der Waals surface area contributed by atoms with Crippen LogP contribution >= 0.6 is 11.3 Å². The molecule has 2 atom stereocenters. The minimum absolute atomic E-state index is 0.0294. The van der Waals surface area contributed by atoms with Crippen molar-refractivity contribution in [1.29, 1.82) is 0 Å². The molecule has 3 rings (SSSR count). The molecule has 2 unspecified atom stereocenters. The van der Waals surface area contributed by atoms with Crippen molar-refractivity contribution in [2.75, 3.05) is 18.4 Å². The van der Waals surface area contributed by atoms with Gasteiger partial charge in [0.05, 0.1) is 5.56 Å². The van der Waals surface area contributed by atoms with Crippen LogP contribution in [0.3, 0.4) is 0 Å². The summed E-state index contributed by atoms with van der Waals surface area (Å²) >= 11 is 1.38. The average Bonchev–Trinajstić information content (AvgIpc) is 3.15. The molecule has 1 aliphatic rings. The van der Waals surface area contributed by atoms with Gasteiger partial charge in [-0.15, -0.1) is 11.3 Å². The largest absolute Gasteiger partial charge is 0.338 e. The summed E-state index contributed by atoms with van der Waals surface area (Å²) in [5, 5.41) is 5.35. The monoisotopic (exact) mass is 385 g/mol. The zero-order chi connectivity index (χ0) is 19.4. The number of benzene rings is 1. The van der Waals surface area contributed by atoms with E-state index in [2.05, 4.69) is 12.2 Å². The molecule has 6 heteroatoms. The van der Waals surface area contributed by atoms with E-state index in [9.17, 15) is 9.59 Å². The van der Waals surface area contributed by atoms with Crippen LogP contribution in [0, 0.1) is 5.92 Å². The van der Waals surface area contributed by atoms with Gasteiger partial charge < -0.3 is 16.0 Å². The van der Waals surface area contributed by atoms with Crippen molar-refractivity contribution in [2.24, 2.45) is 11.7 Å². The molecule has 1 aromatic heterocycles. The molecule has 0 aliphatic carbocycles. The zero-order valence-corrected chi connectivity index (χ0v) is 16.7. The number of nitrogens with one attached hydrogen (secondary N) is 1. The van der Waals surface area contributed by atoms with Crippen molar-refractivity contribution in [3.8, 4) is 0 Å². The van der Waals surface area contributed by atoms with E-state index in [0.717, 1.165) is 25.8 Å². The molecule has 1 saturated heterocycles. The van der Waals surface area contributed by atoms with Crippen molar-refractivity contribution in [2.45, 2.75) is 39.2 Å². The molecular formula is C21H27N3O2S. The minimum atomic E-state index is -0.193. The van der Waals surface area contributed by atoms with Crippen LogP contribution in [0.15, 0.2) is 35.7 Å². The van der Waals surface area contributed by atoms with Crippen LogP contribution in [0.5, 0.6) is 0 Å². The molecule has 1 fully saturated rings. The van der Waals surface area contributed by atoms with Gasteiger partial charge in [-0.2, -0.15) is 0 Å². The summed E-state index contributed by atoms with van der Waals surface area (Å²) in [6.45, 7) is 5.50. The number of carbonyl (C=O) groups excluding carboxylic acids is 2. The molecule has 2 heterocycles. The minimum Gasteiger partial charge on any atom is -0.338 e. The first-order valence-corrected chi connectivity index (χ1v) is 10.4. The van der Waals surface area contributed by atoms with Crippen LogP contribution in [-0.2, 0) is 6.42 Å². The molecule has 0 spiro atoms. The van der Waals surface area contributed by atoms with Gasteiger partial charge in [0.25, 0.3) is 11.8 Å². The molecule has 0 radical (unpaired) electrons. The van der Waals surface area contributed by atoms with Crippen LogP contribution in [0.1, 0.15) is 53.0 Å². The first kappa shape index (κ1) is 19.6. The zero-order valence-electron chi connectivity index (χ0n) is 15.9. The predicted octanol–water partition coefficient (Wildman–Crippen LogP) is 3.76. The fourth-order valence-corrected chi connectivity index (χ4v) is 4.21. The van der Waals surface area contributed by atoms with Crippen molar-refractivity contribution >= 4 is 28.2 Å². The van der Waals surface area contributed by atoms with Gasteiger partial charge in [-0.3, -0.25) is 9.59 Å². The summed E-state index contributed by atoms with van der Waals surface area (Å²) in [7, 11) is 0. The van der Waals surface area contributed by atoms with E-state index < -0.39 is 0 Å². The Labute approximate surface area is 164 Å². The van der Waals surface area contributed by atoms with Crippen molar-refractivity contribution in [3.63, 3.8) is 0 Å². The van der Waals surface area contributed by atoms with Gasteiger partial charge in [0.2, 0.25) is 0 Å². The third-order valence-electron chi connectivity index (χ3n) is 5.24. The summed E-state index contributed by atoms with van der Waals surface area (Å²) in [4.78, 5) is 27.4. The summed E-state index contributed by atoms with van der Waals surface area (Å²) in [6.07, 6.45) is 2.96. The third kappa shape index (κ3) is 4.57. The lowest BCUT2D eigenvalue weighted by Gasteiger charge is -2.34. The van der Waals surface area contributed by atoms with Crippen molar-refractivity contribution in [1.82, 2.24) is 4.90 Å². The Hall–Kier alpha value is -2.18. The Balaban J connectivity index is 1.71. The standard InChI is InChI=1S/C21H27N3O2S/c1-3-15-6-8-16(9-7-15)19(25)23-20-18(10-12-27-20)21(26)24-11-4-5-17(13-24)14(2)22/h6-10,12,14,17H,3-5,11,13,22H2,1-2H3,(H,23,25). The molecule has 3 N–H and O–H groups in total. The maximum atomic E-state index is 13.0. The Morgan fingerprint density at radius 3 is 2.70 bits per heavy atom. The van der Waals surface area contributed by atoms with Crippen LogP contribution in [0.25, 0.3) is 0 Å². The average molecular weight is 386 g/mol. The first-order chi connectivity index (χ1) is 13.0. The van der Waals surface area contributed by atoms with E-state index >= 15 is 0 Å². The highest BCUT2D eigenvalue weighted by Crippen LogP contribution is 2.28. The Morgan fingerprint density at radius 2 is 2.04 bits per heavy atom. The van der Waals surface area contributed by atoms with Gasteiger partial charge in [-0.1, -0.05) is 19.1 Å². The number of amides is 2. The smallest absolute Gasteiger partial charge is 0.256 e. The number of nitrogens with two attached hydrogens (primary N) is 1.